The van der Waals surface area contributed by atoms with Gasteiger partial charge in [0, 0.05) is 57.8 Å². The third-order valence-electron chi connectivity index (χ3n) is 5.07. The lowest BCUT2D eigenvalue weighted by atomic mass is 9.95. The van der Waals surface area contributed by atoms with Gasteiger partial charge in [-0.3, -0.25) is 9.59 Å². The highest BCUT2D eigenvalue weighted by Gasteiger charge is 2.30. The molecule has 1 aromatic rings. The molecule has 0 bridgehead atoms. The molecule has 24 heavy (non-hydrogen) atoms. The van der Waals surface area contributed by atoms with E-state index in [-0.39, 0.29) is 23.5 Å². The summed E-state index contributed by atoms with van der Waals surface area (Å²) >= 11 is 0. The van der Waals surface area contributed by atoms with Crippen molar-refractivity contribution in [1.82, 2.24) is 9.80 Å². The monoisotopic (exact) mass is 333 g/mol. The number of amides is 2. The van der Waals surface area contributed by atoms with E-state index in [2.05, 4.69) is 4.90 Å². The van der Waals surface area contributed by atoms with Crippen LogP contribution >= 0.6 is 0 Å². The minimum atomic E-state index is -0.232. The number of piperidine rings is 1. The van der Waals surface area contributed by atoms with Crippen molar-refractivity contribution < 1.29 is 14.0 Å². The van der Waals surface area contributed by atoms with Crippen molar-refractivity contribution in [3.8, 4) is 0 Å². The summed E-state index contributed by atoms with van der Waals surface area (Å²) in [6, 6.07) is 6.50. The van der Waals surface area contributed by atoms with E-state index in [4.69, 9.17) is 0 Å². The quantitative estimate of drug-likeness (QED) is 0.828. The van der Waals surface area contributed by atoms with E-state index in [1.807, 2.05) is 9.80 Å². The van der Waals surface area contributed by atoms with Crippen molar-refractivity contribution in [2.45, 2.75) is 19.8 Å². The Labute approximate surface area is 142 Å². The van der Waals surface area contributed by atoms with Gasteiger partial charge in [-0.15, -0.1) is 0 Å². The van der Waals surface area contributed by atoms with E-state index in [1.54, 1.807) is 19.1 Å². The highest BCUT2D eigenvalue weighted by molar-refractivity contribution is 5.80. The first-order valence-corrected chi connectivity index (χ1v) is 8.59. The minimum Gasteiger partial charge on any atom is -0.368 e. The molecule has 2 saturated heterocycles. The average Bonchev–Trinajstić information content (AvgIpc) is 2.62. The van der Waals surface area contributed by atoms with Gasteiger partial charge in [-0.1, -0.05) is 0 Å². The fourth-order valence-corrected chi connectivity index (χ4v) is 3.54. The Bertz CT molecular complexity index is 589. The molecule has 0 saturated carbocycles. The summed E-state index contributed by atoms with van der Waals surface area (Å²) in [6.07, 6.45) is 1.52. The first kappa shape index (κ1) is 16.7. The van der Waals surface area contributed by atoms with Gasteiger partial charge < -0.3 is 14.7 Å². The molecule has 0 aliphatic carbocycles. The van der Waals surface area contributed by atoms with Crippen molar-refractivity contribution >= 4 is 17.5 Å². The molecule has 2 aliphatic rings. The van der Waals surface area contributed by atoms with E-state index < -0.39 is 0 Å². The lowest BCUT2D eigenvalue weighted by Crippen LogP contribution is -2.52. The molecule has 0 unspecified atom stereocenters. The zero-order valence-corrected chi connectivity index (χ0v) is 14.1. The molecule has 0 spiro atoms. The molecule has 3 rings (SSSR count). The topological polar surface area (TPSA) is 43.9 Å². The molecule has 130 valence electrons. The summed E-state index contributed by atoms with van der Waals surface area (Å²) in [5, 5.41) is 0. The van der Waals surface area contributed by atoms with Gasteiger partial charge in [0.2, 0.25) is 11.8 Å². The molecule has 2 amide bonds. The number of halogens is 1. The smallest absolute Gasteiger partial charge is 0.225 e. The normalized spacial score (nSPS) is 19.5. The van der Waals surface area contributed by atoms with Crippen LogP contribution in [0, 0.1) is 11.7 Å². The molecule has 0 atom stereocenters. The molecule has 0 aromatic heterocycles. The maximum atomic E-state index is 13.0. The molecule has 1 aromatic carbocycles. The van der Waals surface area contributed by atoms with Gasteiger partial charge in [0.15, 0.2) is 0 Å². The van der Waals surface area contributed by atoms with Crippen LogP contribution in [0.25, 0.3) is 0 Å². The lowest BCUT2D eigenvalue weighted by Gasteiger charge is -2.39. The second-order valence-electron chi connectivity index (χ2n) is 6.57. The Kier molecular flexibility index (Phi) is 5.02. The summed E-state index contributed by atoms with van der Waals surface area (Å²) in [7, 11) is 0. The first-order valence-electron chi connectivity index (χ1n) is 8.59. The maximum Gasteiger partial charge on any atom is 0.225 e. The van der Waals surface area contributed by atoms with Crippen molar-refractivity contribution in [2.24, 2.45) is 5.92 Å². The molecule has 2 fully saturated rings. The standard InChI is InChI=1S/C18H24FN3O2/c1-14(23)20-8-6-15(7-9-20)18(24)22-12-10-21(11-13-22)17-4-2-16(19)3-5-17/h2-5,15H,6-13H2,1H3. The molecule has 2 heterocycles. The first-order chi connectivity index (χ1) is 11.5. The number of rotatable bonds is 2. The van der Waals surface area contributed by atoms with Crippen molar-refractivity contribution in [1.29, 1.82) is 0 Å². The number of hydrogen-bond donors (Lipinski definition) is 0. The molecule has 0 N–H and O–H groups in total. The summed E-state index contributed by atoms with van der Waals surface area (Å²) in [5.41, 5.74) is 0.998. The number of piperazine rings is 1. The SMILES string of the molecule is CC(=O)N1CCC(C(=O)N2CCN(c3ccc(F)cc3)CC2)CC1. The Morgan fingerprint density at radius 2 is 1.50 bits per heavy atom. The van der Waals surface area contributed by atoms with E-state index >= 15 is 0 Å². The zero-order chi connectivity index (χ0) is 17.1. The van der Waals surface area contributed by atoms with Crippen LogP contribution in [-0.2, 0) is 9.59 Å². The van der Waals surface area contributed by atoms with Crippen LogP contribution in [0.1, 0.15) is 19.8 Å². The highest BCUT2D eigenvalue weighted by Crippen LogP contribution is 2.22. The number of hydrogen-bond acceptors (Lipinski definition) is 3. The summed E-state index contributed by atoms with van der Waals surface area (Å²) < 4.78 is 13.0. The van der Waals surface area contributed by atoms with Gasteiger partial charge in [0.25, 0.3) is 0 Å². The number of carbonyl (C=O) groups excluding carboxylic acids is 2. The second kappa shape index (κ2) is 7.20. The van der Waals surface area contributed by atoms with Crippen LogP contribution < -0.4 is 4.90 Å². The van der Waals surface area contributed by atoms with Crippen LogP contribution in [0.3, 0.4) is 0 Å². The van der Waals surface area contributed by atoms with Crippen LogP contribution in [0.4, 0.5) is 10.1 Å². The van der Waals surface area contributed by atoms with Gasteiger partial charge in [-0.2, -0.15) is 0 Å². The van der Waals surface area contributed by atoms with E-state index in [0.717, 1.165) is 31.6 Å². The summed E-state index contributed by atoms with van der Waals surface area (Å²) in [4.78, 5) is 30.0. The lowest BCUT2D eigenvalue weighted by molar-refractivity contribution is -0.140. The molecular weight excluding hydrogens is 309 g/mol. The molecule has 2 aliphatic heterocycles. The predicted octanol–water partition coefficient (Wildman–Crippen LogP) is 1.73. The fourth-order valence-electron chi connectivity index (χ4n) is 3.54. The van der Waals surface area contributed by atoms with Crippen molar-refractivity contribution in [3.05, 3.63) is 30.1 Å². The largest absolute Gasteiger partial charge is 0.368 e. The van der Waals surface area contributed by atoms with Gasteiger partial charge in [0.1, 0.15) is 5.82 Å². The Hall–Kier alpha value is -2.11. The minimum absolute atomic E-state index is 0.0398. The average molecular weight is 333 g/mol. The number of likely N-dealkylation sites (tertiary alicyclic amines) is 1. The van der Waals surface area contributed by atoms with Gasteiger partial charge in [0.05, 0.1) is 0 Å². The zero-order valence-electron chi connectivity index (χ0n) is 14.1. The maximum absolute atomic E-state index is 13.0. The third kappa shape index (κ3) is 3.68. The number of carbonyl (C=O) groups is 2. The summed E-state index contributed by atoms with van der Waals surface area (Å²) in [5.74, 6) is 0.119. The second-order valence-corrected chi connectivity index (χ2v) is 6.57. The molecule has 0 radical (unpaired) electrons. The van der Waals surface area contributed by atoms with Crippen LogP contribution in [0.2, 0.25) is 0 Å². The van der Waals surface area contributed by atoms with Crippen molar-refractivity contribution in [2.75, 3.05) is 44.2 Å². The predicted molar refractivity (Wildman–Crippen MR) is 90.2 cm³/mol. The van der Waals surface area contributed by atoms with Crippen LogP contribution in [0.15, 0.2) is 24.3 Å². The van der Waals surface area contributed by atoms with Crippen LogP contribution in [-0.4, -0.2) is 60.9 Å². The Balaban J connectivity index is 1.50. The van der Waals surface area contributed by atoms with Gasteiger partial charge in [-0.05, 0) is 37.1 Å². The third-order valence-corrected chi connectivity index (χ3v) is 5.07. The van der Waals surface area contributed by atoms with Crippen molar-refractivity contribution in [3.63, 3.8) is 0 Å². The van der Waals surface area contributed by atoms with Gasteiger partial charge >= 0.3 is 0 Å². The Morgan fingerprint density at radius 3 is 2.04 bits per heavy atom. The number of nitrogens with zero attached hydrogens (tertiary/aromatic N) is 3. The van der Waals surface area contributed by atoms with Gasteiger partial charge in [-0.25, -0.2) is 4.39 Å². The number of anilines is 1. The fraction of sp³-hybridized carbons (Fsp3) is 0.556. The highest BCUT2D eigenvalue weighted by atomic mass is 19.1. The van der Waals surface area contributed by atoms with Crippen LogP contribution in [0.5, 0.6) is 0 Å². The summed E-state index contributed by atoms with van der Waals surface area (Å²) in [6.45, 7) is 5.87. The van der Waals surface area contributed by atoms with E-state index in [0.29, 0.717) is 26.2 Å². The molecular formula is C18H24FN3O2. The molecule has 5 nitrogen and oxygen atoms in total. The number of benzene rings is 1. The van der Waals surface area contributed by atoms with E-state index in [1.165, 1.54) is 12.1 Å². The Morgan fingerprint density at radius 1 is 0.917 bits per heavy atom. The van der Waals surface area contributed by atoms with E-state index in [9.17, 15) is 14.0 Å². The molecule has 6 heteroatoms.